The largest absolute Gasteiger partial charge is 0.320 e. The molecule has 20 heavy (non-hydrogen) atoms. The molecule has 0 radical (unpaired) electrons. The van der Waals surface area contributed by atoms with Gasteiger partial charge in [0.25, 0.3) is 0 Å². The summed E-state index contributed by atoms with van der Waals surface area (Å²) in [6, 6.07) is 6.53. The van der Waals surface area contributed by atoms with Crippen LogP contribution in [0.3, 0.4) is 0 Å². The highest BCUT2D eigenvalue weighted by Crippen LogP contribution is 2.27. The molecule has 2 rings (SSSR count). The molecule has 0 bridgehead atoms. The molecule has 0 spiro atoms. The fraction of sp³-hybridized carbons (Fsp3) is 0.533. The van der Waals surface area contributed by atoms with Gasteiger partial charge in [0.15, 0.2) is 0 Å². The Balaban J connectivity index is 2.26. The molecular formula is C15H22FN3O. The van der Waals surface area contributed by atoms with Crippen LogP contribution in [0.1, 0.15) is 25.6 Å². The smallest absolute Gasteiger partial charge is 0.241 e. The van der Waals surface area contributed by atoms with E-state index in [1.165, 1.54) is 6.07 Å². The standard InChI is InChI=1S/C15H22FN3O/c1-10(18(3)4)9-19-14(17-11(2)15(19)20)12-7-5-6-8-13(12)16/h5-8,10-11,14,17H,9H2,1-4H3. The number of likely N-dealkylation sites (N-methyl/N-ethyl adjacent to an activating group) is 1. The van der Waals surface area contributed by atoms with Crippen LogP contribution in [0.4, 0.5) is 4.39 Å². The van der Waals surface area contributed by atoms with Crippen LogP contribution in [0.2, 0.25) is 0 Å². The van der Waals surface area contributed by atoms with Gasteiger partial charge in [-0.3, -0.25) is 10.1 Å². The van der Waals surface area contributed by atoms with Gasteiger partial charge in [-0.2, -0.15) is 0 Å². The Labute approximate surface area is 119 Å². The van der Waals surface area contributed by atoms with E-state index in [1.807, 2.05) is 21.0 Å². The lowest BCUT2D eigenvalue weighted by Gasteiger charge is -2.30. The maximum absolute atomic E-state index is 14.0. The highest BCUT2D eigenvalue weighted by atomic mass is 19.1. The highest BCUT2D eigenvalue weighted by molar-refractivity contribution is 5.84. The number of nitrogens with zero attached hydrogens (tertiary/aromatic N) is 2. The van der Waals surface area contributed by atoms with Gasteiger partial charge in [0, 0.05) is 18.2 Å². The number of rotatable bonds is 4. The molecule has 110 valence electrons. The number of amides is 1. The topological polar surface area (TPSA) is 35.6 Å². The summed E-state index contributed by atoms with van der Waals surface area (Å²) >= 11 is 0. The molecule has 1 aliphatic rings. The van der Waals surface area contributed by atoms with E-state index < -0.39 is 0 Å². The van der Waals surface area contributed by atoms with E-state index in [0.29, 0.717) is 12.1 Å². The lowest BCUT2D eigenvalue weighted by Crippen LogP contribution is -2.41. The van der Waals surface area contributed by atoms with E-state index in [4.69, 9.17) is 0 Å². The normalized spacial score (nSPS) is 24.5. The Kier molecular flexibility index (Phi) is 4.40. The summed E-state index contributed by atoms with van der Waals surface area (Å²) in [5.41, 5.74) is 0.524. The Morgan fingerprint density at radius 2 is 2.05 bits per heavy atom. The predicted molar refractivity (Wildman–Crippen MR) is 76.6 cm³/mol. The number of carbonyl (C=O) groups is 1. The summed E-state index contributed by atoms with van der Waals surface area (Å²) in [5.74, 6) is -0.263. The van der Waals surface area contributed by atoms with Gasteiger partial charge in [-0.1, -0.05) is 18.2 Å². The minimum Gasteiger partial charge on any atom is -0.320 e. The molecule has 1 fully saturated rings. The third-order valence-corrected chi connectivity index (χ3v) is 3.92. The average Bonchev–Trinajstić information content (AvgIpc) is 2.67. The second kappa shape index (κ2) is 5.89. The van der Waals surface area contributed by atoms with Crippen LogP contribution >= 0.6 is 0 Å². The lowest BCUT2D eigenvalue weighted by atomic mass is 10.1. The summed E-state index contributed by atoms with van der Waals surface area (Å²) in [6.07, 6.45) is -0.388. The van der Waals surface area contributed by atoms with Gasteiger partial charge in [0.05, 0.1) is 6.04 Å². The first-order valence-electron chi connectivity index (χ1n) is 6.89. The van der Waals surface area contributed by atoms with Crippen molar-refractivity contribution in [3.63, 3.8) is 0 Å². The molecule has 1 aromatic rings. The van der Waals surface area contributed by atoms with E-state index in [-0.39, 0.29) is 30.0 Å². The van der Waals surface area contributed by atoms with Gasteiger partial charge in [0.2, 0.25) is 5.91 Å². The van der Waals surface area contributed by atoms with E-state index in [1.54, 1.807) is 23.1 Å². The summed E-state index contributed by atoms with van der Waals surface area (Å²) in [5, 5.41) is 3.17. The molecule has 3 unspecified atom stereocenters. The van der Waals surface area contributed by atoms with Gasteiger partial charge in [0.1, 0.15) is 12.0 Å². The molecule has 1 amide bonds. The molecule has 1 aliphatic heterocycles. The molecule has 0 saturated carbocycles. The molecule has 4 nitrogen and oxygen atoms in total. The van der Waals surface area contributed by atoms with Crippen molar-refractivity contribution in [1.29, 1.82) is 0 Å². The summed E-state index contributed by atoms with van der Waals surface area (Å²) < 4.78 is 14.0. The number of benzene rings is 1. The molecule has 0 aromatic heterocycles. The first-order valence-corrected chi connectivity index (χ1v) is 6.89. The number of hydrogen-bond acceptors (Lipinski definition) is 3. The highest BCUT2D eigenvalue weighted by Gasteiger charge is 2.38. The molecule has 0 aliphatic carbocycles. The zero-order valence-electron chi connectivity index (χ0n) is 12.4. The SMILES string of the molecule is CC1NC(c2ccccc2F)N(CC(C)N(C)C)C1=O. The number of halogens is 1. The number of carbonyl (C=O) groups excluding carboxylic acids is 1. The number of nitrogens with one attached hydrogen (secondary N) is 1. The van der Waals surface area contributed by atoms with Crippen molar-refractivity contribution >= 4 is 5.91 Å². The zero-order valence-corrected chi connectivity index (χ0v) is 12.4. The van der Waals surface area contributed by atoms with Crippen molar-refractivity contribution in [3.05, 3.63) is 35.6 Å². The Bertz CT molecular complexity index is 492. The van der Waals surface area contributed by atoms with Crippen LogP contribution in [-0.2, 0) is 4.79 Å². The second-order valence-corrected chi connectivity index (χ2v) is 5.62. The third-order valence-electron chi connectivity index (χ3n) is 3.92. The molecule has 1 heterocycles. The van der Waals surface area contributed by atoms with Crippen LogP contribution in [0.25, 0.3) is 0 Å². The van der Waals surface area contributed by atoms with E-state index >= 15 is 0 Å². The van der Waals surface area contributed by atoms with Gasteiger partial charge in [-0.15, -0.1) is 0 Å². The average molecular weight is 279 g/mol. The second-order valence-electron chi connectivity index (χ2n) is 5.62. The lowest BCUT2D eigenvalue weighted by molar-refractivity contribution is -0.130. The summed E-state index contributed by atoms with van der Waals surface area (Å²) in [7, 11) is 3.94. The fourth-order valence-corrected chi connectivity index (χ4v) is 2.37. The van der Waals surface area contributed by atoms with E-state index in [9.17, 15) is 9.18 Å². The van der Waals surface area contributed by atoms with Crippen LogP contribution < -0.4 is 5.32 Å². The van der Waals surface area contributed by atoms with Gasteiger partial charge in [-0.05, 0) is 34.0 Å². The number of hydrogen-bond donors (Lipinski definition) is 1. The van der Waals surface area contributed by atoms with Crippen LogP contribution in [0.15, 0.2) is 24.3 Å². The van der Waals surface area contributed by atoms with Crippen molar-refractivity contribution in [2.24, 2.45) is 0 Å². The predicted octanol–water partition coefficient (Wildman–Crippen LogP) is 1.59. The van der Waals surface area contributed by atoms with Gasteiger partial charge in [-0.25, -0.2) is 4.39 Å². The van der Waals surface area contributed by atoms with Crippen molar-refractivity contribution in [2.45, 2.75) is 32.1 Å². The zero-order chi connectivity index (χ0) is 14.9. The fourth-order valence-electron chi connectivity index (χ4n) is 2.37. The van der Waals surface area contributed by atoms with Crippen molar-refractivity contribution < 1.29 is 9.18 Å². The molecule has 5 heteroatoms. The first-order chi connectivity index (χ1) is 9.41. The maximum atomic E-state index is 14.0. The van der Waals surface area contributed by atoms with Crippen LogP contribution in [-0.4, -0.2) is 48.4 Å². The molecule has 3 atom stereocenters. The maximum Gasteiger partial charge on any atom is 0.241 e. The van der Waals surface area contributed by atoms with Crippen LogP contribution in [0, 0.1) is 5.82 Å². The van der Waals surface area contributed by atoms with Crippen molar-refractivity contribution in [3.8, 4) is 0 Å². The summed E-state index contributed by atoms with van der Waals surface area (Å²) in [4.78, 5) is 16.1. The quantitative estimate of drug-likeness (QED) is 0.909. The van der Waals surface area contributed by atoms with Gasteiger partial charge < -0.3 is 9.80 Å². The van der Waals surface area contributed by atoms with Crippen molar-refractivity contribution in [2.75, 3.05) is 20.6 Å². The van der Waals surface area contributed by atoms with Gasteiger partial charge >= 0.3 is 0 Å². The van der Waals surface area contributed by atoms with Crippen molar-refractivity contribution in [1.82, 2.24) is 15.1 Å². The molecule has 1 N–H and O–H groups in total. The summed E-state index contributed by atoms with van der Waals surface area (Å²) in [6.45, 7) is 4.44. The van der Waals surface area contributed by atoms with Crippen LogP contribution in [0.5, 0.6) is 0 Å². The Hall–Kier alpha value is -1.46. The molecule has 1 saturated heterocycles. The minimum absolute atomic E-state index is 0.0203. The van der Waals surface area contributed by atoms with E-state index in [0.717, 1.165) is 0 Å². The Morgan fingerprint density at radius 3 is 2.65 bits per heavy atom. The molecule has 1 aromatic carbocycles. The Morgan fingerprint density at radius 1 is 1.40 bits per heavy atom. The monoisotopic (exact) mass is 279 g/mol. The van der Waals surface area contributed by atoms with E-state index in [2.05, 4.69) is 17.1 Å². The third kappa shape index (κ3) is 2.83. The minimum atomic E-state index is -0.388. The first kappa shape index (κ1) is 14.9. The molecular weight excluding hydrogens is 257 g/mol.